The fourth-order valence-electron chi connectivity index (χ4n) is 4.48. The highest BCUT2D eigenvalue weighted by Gasteiger charge is 2.23. The lowest BCUT2D eigenvalue weighted by atomic mass is 9.92. The molecule has 0 atom stereocenters. The fraction of sp³-hybridized carbons (Fsp3) is 0.762. The smallest absolute Gasteiger partial charge is 0.227 e. The van der Waals surface area contributed by atoms with Gasteiger partial charge in [0.05, 0.1) is 6.33 Å². The van der Waals surface area contributed by atoms with Crippen LogP contribution in [0.25, 0.3) is 11.2 Å². The van der Waals surface area contributed by atoms with E-state index in [0.717, 1.165) is 61.6 Å². The monoisotopic (exact) mass is 457 g/mol. The summed E-state index contributed by atoms with van der Waals surface area (Å²) in [5, 5.41) is 7.10. The number of halogens is 2. The van der Waals surface area contributed by atoms with Crippen molar-refractivity contribution in [1.82, 2.24) is 19.5 Å². The third-order valence-corrected chi connectivity index (χ3v) is 6.26. The van der Waals surface area contributed by atoms with E-state index in [1.54, 1.807) is 0 Å². The third-order valence-electron chi connectivity index (χ3n) is 6.26. The first-order valence-electron chi connectivity index (χ1n) is 11.1. The van der Waals surface area contributed by atoms with Gasteiger partial charge in [-0.15, -0.1) is 24.8 Å². The second-order valence-corrected chi connectivity index (χ2v) is 9.02. The number of imidazole rings is 1. The van der Waals surface area contributed by atoms with Crippen molar-refractivity contribution in [3.05, 3.63) is 6.33 Å². The van der Waals surface area contributed by atoms with E-state index >= 15 is 0 Å². The zero-order chi connectivity index (χ0) is 19.5. The molecule has 2 fully saturated rings. The molecule has 0 bridgehead atoms. The molecule has 2 saturated carbocycles. The summed E-state index contributed by atoms with van der Waals surface area (Å²) in [6, 6.07) is 1.27. The first kappa shape index (κ1) is 25.0. The number of rotatable bonds is 7. The minimum Gasteiger partial charge on any atom is -0.368 e. The zero-order valence-corrected chi connectivity index (χ0v) is 19.8. The lowest BCUT2D eigenvalue weighted by molar-refractivity contribution is 0.410. The Hall–Kier alpha value is -1.31. The van der Waals surface area contributed by atoms with E-state index in [9.17, 15) is 0 Å². The van der Waals surface area contributed by atoms with Crippen LogP contribution < -0.4 is 16.4 Å². The van der Waals surface area contributed by atoms with Crippen molar-refractivity contribution in [3.8, 4) is 0 Å². The number of nitrogens with zero attached hydrogens (tertiary/aromatic N) is 4. The van der Waals surface area contributed by atoms with Crippen LogP contribution in [0.2, 0.25) is 0 Å². The summed E-state index contributed by atoms with van der Waals surface area (Å²) in [6.45, 7) is 5.39. The van der Waals surface area contributed by atoms with E-state index in [-0.39, 0.29) is 24.8 Å². The van der Waals surface area contributed by atoms with Gasteiger partial charge in [0.15, 0.2) is 17.0 Å². The van der Waals surface area contributed by atoms with Gasteiger partial charge in [-0.05, 0) is 50.9 Å². The van der Waals surface area contributed by atoms with Crippen LogP contribution in [0.1, 0.15) is 77.7 Å². The third kappa shape index (κ3) is 5.89. The van der Waals surface area contributed by atoms with Gasteiger partial charge >= 0.3 is 0 Å². The molecule has 0 radical (unpaired) electrons. The largest absolute Gasteiger partial charge is 0.368 e. The van der Waals surface area contributed by atoms with Crippen molar-refractivity contribution in [3.63, 3.8) is 0 Å². The molecule has 7 nitrogen and oxygen atoms in total. The average Bonchev–Trinajstić information content (AvgIpc) is 3.32. The van der Waals surface area contributed by atoms with Gasteiger partial charge in [-0.1, -0.05) is 26.7 Å². The van der Waals surface area contributed by atoms with E-state index < -0.39 is 0 Å². The van der Waals surface area contributed by atoms with Crippen LogP contribution >= 0.6 is 24.8 Å². The normalized spacial score (nSPS) is 22.0. The van der Waals surface area contributed by atoms with Crippen molar-refractivity contribution in [2.24, 2.45) is 11.7 Å². The van der Waals surface area contributed by atoms with Gasteiger partial charge < -0.3 is 20.9 Å². The highest BCUT2D eigenvalue weighted by atomic mass is 35.5. The average molecular weight is 458 g/mol. The second-order valence-electron chi connectivity index (χ2n) is 9.02. The predicted octanol–water partition coefficient (Wildman–Crippen LogP) is 4.92. The van der Waals surface area contributed by atoms with E-state index in [0.29, 0.717) is 24.0 Å². The number of aromatic nitrogens is 4. The van der Waals surface area contributed by atoms with Crippen LogP contribution in [0.3, 0.4) is 0 Å². The van der Waals surface area contributed by atoms with Crippen molar-refractivity contribution < 1.29 is 0 Å². The molecule has 2 aromatic rings. The molecular formula is C21H37Cl2N7. The van der Waals surface area contributed by atoms with Gasteiger partial charge in [0.1, 0.15) is 0 Å². The van der Waals surface area contributed by atoms with Crippen LogP contribution in [0, 0.1) is 5.92 Å². The van der Waals surface area contributed by atoms with Gasteiger partial charge in [-0.2, -0.15) is 9.97 Å². The molecule has 4 rings (SSSR count). The highest BCUT2D eigenvalue weighted by molar-refractivity contribution is 5.86. The number of anilines is 2. The number of nitrogens with one attached hydrogen (secondary N) is 2. The van der Waals surface area contributed by atoms with E-state index in [1.807, 2.05) is 6.33 Å². The molecule has 2 aliphatic rings. The molecule has 0 aliphatic heterocycles. The second kappa shape index (κ2) is 11.3. The Bertz CT molecular complexity index is 781. The Morgan fingerprint density at radius 3 is 2.43 bits per heavy atom. The zero-order valence-electron chi connectivity index (χ0n) is 18.1. The lowest BCUT2D eigenvalue weighted by Crippen LogP contribution is -2.33. The van der Waals surface area contributed by atoms with E-state index in [4.69, 9.17) is 15.7 Å². The topological polar surface area (TPSA) is 93.7 Å². The molecule has 0 amide bonds. The molecule has 2 aromatic heterocycles. The van der Waals surface area contributed by atoms with Gasteiger partial charge in [0.2, 0.25) is 5.95 Å². The van der Waals surface area contributed by atoms with Crippen molar-refractivity contribution in [2.45, 2.75) is 89.8 Å². The van der Waals surface area contributed by atoms with Gasteiger partial charge in [0, 0.05) is 24.7 Å². The molecule has 0 spiro atoms. The van der Waals surface area contributed by atoms with Crippen LogP contribution in [0.5, 0.6) is 0 Å². The number of fused-ring (bicyclic) bond motifs is 1. The molecular weight excluding hydrogens is 421 g/mol. The minimum absolute atomic E-state index is 0. The SMILES string of the molecule is CC(C)CCNc1nc(NC2CCC(N)CC2)nc2c1ncn2C1CCCC1.Cl.Cl. The van der Waals surface area contributed by atoms with Crippen LogP contribution in [0.15, 0.2) is 6.33 Å². The highest BCUT2D eigenvalue weighted by Crippen LogP contribution is 2.33. The minimum atomic E-state index is 0. The fourth-order valence-corrected chi connectivity index (χ4v) is 4.48. The lowest BCUT2D eigenvalue weighted by Gasteiger charge is -2.27. The van der Waals surface area contributed by atoms with Crippen LogP contribution in [-0.2, 0) is 0 Å². The first-order valence-corrected chi connectivity index (χ1v) is 11.1. The standard InChI is InChI=1S/C21H35N7.2ClH/c1-14(2)11-12-23-19-18-20(28(13-24-18)17-5-3-4-6-17)27-21(26-19)25-16-9-7-15(22)8-10-16;;/h13-17H,3-12,22H2,1-2H3,(H2,23,25,26,27);2*1H. The van der Waals surface area contributed by atoms with Gasteiger partial charge in [-0.3, -0.25) is 0 Å². The number of hydrogen-bond donors (Lipinski definition) is 3. The maximum absolute atomic E-state index is 6.06. The summed E-state index contributed by atoms with van der Waals surface area (Å²) >= 11 is 0. The number of nitrogens with two attached hydrogens (primary N) is 1. The van der Waals surface area contributed by atoms with E-state index in [1.165, 1.54) is 25.7 Å². The maximum Gasteiger partial charge on any atom is 0.227 e. The number of hydrogen-bond acceptors (Lipinski definition) is 6. The predicted molar refractivity (Wildman–Crippen MR) is 129 cm³/mol. The Balaban J connectivity index is 0.00000160. The van der Waals surface area contributed by atoms with Crippen molar-refractivity contribution in [2.75, 3.05) is 17.2 Å². The van der Waals surface area contributed by atoms with Gasteiger partial charge in [-0.25, -0.2) is 4.98 Å². The Morgan fingerprint density at radius 2 is 1.77 bits per heavy atom. The van der Waals surface area contributed by atoms with Crippen LogP contribution in [0.4, 0.5) is 11.8 Å². The van der Waals surface area contributed by atoms with Crippen molar-refractivity contribution >= 4 is 47.7 Å². The molecule has 9 heteroatoms. The van der Waals surface area contributed by atoms with E-state index in [2.05, 4.69) is 34.0 Å². The first-order chi connectivity index (χ1) is 13.6. The molecule has 30 heavy (non-hydrogen) atoms. The quantitative estimate of drug-likeness (QED) is 0.545. The Labute approximate surface area is 192 Å². The van der Waals surface area contributed by atoms with Crippen LogP contribution in [-0.4, -0.2) is 38.1 Å². The molecule has 2 aliphatic carbocycles. The summed E-state index contributed by atoms with van der Waals surface area (Å²) in [7, 11) is 0. The summed E-state index contributed by atoms with van der Waals surface area (Å²) in [4.78, 5) is 14.4. The molecule has 2 heterocycles. The summed E-state index contributed by atoms with van der Waals surface area (Å²) in [5.74, 6) is 2.24. The Morgan fingerprint density at radius 1 is 1.07 bits per heavy atom. The maximum atomic E-state index is 6.06. The molecule has 0 unspecified atom stereocenters. The Kier molecular flexibility index (Phi) is 9.44. The van der Waals surface area contributed by atoms with Crippen molar-refractivity contribution in [1.29, 1.82) is 0 Å². The summed E-state index contributed by atoms with van der Waals surface area (Å²) < 4.78 is 2.28. The molecule has 0 aromatic carbocycles. The summed E-state index contributed by atoms with van der Waals surface area (Å²) in [6.07, 6.45) is 12.4. The molecule has 0 saturated heterocycles. The van der Waals surface area contributed by atoms with Gasteiger partial charge in [0.25, 0.3) is 0 Å². The molecule has 170 valence electrons. The molecule has 4 N–H and O–H groups in total. The summed E-state index contributed by atoms with van der Waals surface area (Å²) in [5.41, 5.74) is 7.92.